The molecule has 0 aliphatic rings. The SMILES string of the molecule is C[C@@H](Oc1ccc(C#N)cc1)C(=O)NN=C/C=C/c1ccco1. The lowest BCUT2D eigenvalue weighted by Crippen LogP contribution is -2.33. The van der Waals surface area contributed by atoms with Crippen molar-refractivity contribution < 1.29 is 13.9 Å². The van der Waals surface area contributed by atoms with E-state index in [0.717, 1.165) is 0 Å². The van der Waals surface area contributed by atoms with E-state index in [1.807, 2.05) is 6.07 Å². The van der Waals surface area contributed by atoms with Crippen LogP contribution < -0.4 is 10.2 Å². The molecule has 0 fully saturated rings. The van der Waals surface area contributed by atoms with Gasteiger partial charge in [-0.05, 0) is 55.5 Å². The quantitative estimate of drug-likeness (QED) is 0.656. The highest BCUT2D eigenvalue weighted by Crippen LogP contribution is 2.13. The maximum absolute atomic E-state index is 11.8. The third-order valence-electron chi connectivity index (χ3n) is 2.80. The number of hydrazone groups is 1. The predicted octanol–water partition coefficient (Wildman–Crippen LogP) is 2.73. The van der Waals surface area contributed by atoms with E-state index in [-0.39, 0.29) is 5.91 Å². The second-order valence-corrected chi connectivity index (χ2v) is 4.53. The summed E-state index contributed by atoms with van der Waals surface area (Å²) in [4.78, 5) is 11.8. The van der Waals surface area contributed by atoms with Crippen molar-refractivity contribution in [2.75, 3.05) is 0 Å². The summed E-state index contributed by atoms with van der Waals surface area (Å²) in [5.74, 6) is 0.825. The minimum absolute atomic E-state index is 0.378. The number of benzene rings is 1. The lowest BCUT2D eigenvalue weighted by atomic mass is 10.2. The number of nitrogens with one attached hydrogen (secondary N) is 1. The van der Waals surface area contributed by atoms with Crippen LogP contribution >= 0.6 is 0 Å². The zero-order valence-corrected chi connectivity index (χ0v) is 12.5. The van der Waals surface area contributed by atoms with Crippen molar-refractivity contribution in [1.82, 2.24) is 5.43 Å². The van der Waals surface area contributed by atoms with Crippen molar-refractivity contribution in [3.05, 3.63) is 60.1 Å². The molecule has 0 saturated heterocycles. The number of rotatable bonds is 6. The summed E-state index contributed by atoms with van der Waals surface area (Å²) in [7, 11) is 0. The largest absolute Gasteiger partial charge is 0.481 e. The Morgan fingerprint density at radius 2 is 2.17 bits per heavy atom. The Balaban J connectivity index is 1.79. The molecule has 1 aromatic carbocycles. The van der Waals surface area contributed by atoms with E-state index in [9.17, 15) is 4.79 Å². The summed E-state index contributed by atoms with van der Waals surface area (Å²) < 4.78 is 10.6. The number of carbonyl (C=O) groups excluding carboxylic acids is 1. The van der Waals surface area contributed by atoms with Gasteiger partial charge in [-0.15, -0.1) is 0 Å². The molecule has 0 aliphatic heterocycles. The van der Waals surface area contributed by atoms with Crippen LogP contribution in [0.25, 0.3) is 6.08 Å². The predicted molar refractivity (Wildman–Crippen MR) is 85.6 cm³/mol. The molecule has 0 bridgehead atoms. The van der Waals surface area contributed by atoms with Gasteiger partial charge in [-0.3, -0.25) is 4.79 Å². The molecule has 23 heavy (non-hydrogen) atoms. The summed E-state index contributed by atoms with van der Waals surface area (Å²) in [6.45, 7) is 1.61. The molecule has 116 valence electrons. The smallest absolute Gasteiger partial charge is 0.280 e. The number of furan rings is 1. The lowest BCUT2D eigenvalue weighted by Gasteiger charge is -2.12. The molecular formula is C17H15N3O3. The minimum Gasteiger partial charge on any atom is -0.481 e. The molecule has 6 heteroatoms. The average Bonchev–Trinajstić information content (AvgIpc) is 3.08. The van der Waals surface area contributed by atoms with Gasteiger partial charge < -0.3 is 9.15 Å². The van der Waals surface area contributed by atoms with Gasteiger partial charge in [0.05, 0.1) is 17.9 Å². The molecule has 1 aromatic heterocycles. The Hall–Kier alpha value is -3.33. The van der Waals surface area contributed by atoms with Crippen molar-refractivity contribution in [3.63, 3.8) is 0 Å². The molecule has 1 heterocycles. The van der Waals surface area contributed by atoms with E-state index in [1.165, 1.54) is 6.21 Å². The first-order valence-electron chi connectivity index (χ1n) is 6.89. The molecule has 0 aliphatic carbocycles. The van der Waals surface area contributed by atoms with Crippen molar-refractivity contribution in [2.45, 2.75) is 13.0 Å². The van der Waals surface area contributed by atoms with E-state index in [2.05, 4.69) is 10.5 Å². The van der Waals surface area contributed by atoms with Gasteiger partial charge in [0.15, 0.2) is 6.10 Å². The third kappa shape index (κ3) is 5.17. The van der Waals surface area contributed by atoms with Crippen LogP contribution in [0.4, 0.5) is 0 Å². The minimum atomic E-state index is -0.714. The summed E-state index contributed by atoms with van der Waals surface area (Å²) in [5, 5.41) is 12.5. The van der Waals surface area contributed by atoms with E-state index in [4.69, 9.17) is 14.4 Å². The Kier molecular flexibility index (Phi) is 5.72. The fourth-order valence-corrected chi connectivity index (χ4v) is 1.62. The number of hydrogen-bond acceptors (Lipinski definition) is 5. The highest BCUT2D eigenvalue weighted by molar-refractivity contribution is 5.83. The van der Waals surface area contributed by atoms with Crippen molar-refractivity contribution >= 4 is 18.2 Å². The Morgan fingerprint density at radius 3 is 2.83 bits per heavy atom. The second kappa shape index (κ2) is 8.20. The van der Waals surface area contributed by atoms with Gasteiger partial charge in [0.1, 0.15) is 11.5 Å². The Morgan fingerprint density at radius 1 is 1.39 bits per heavy atom. The number of hydrogen-bond donors (Lipinski definition) is 1. The zero-order chi connectivity index (χ0) is 16.5. The van der Waals surface area contributed by atoms with Crippen molar-refractivity contribution in [3.8, 4) is 11.8 Å². The number of nitrogens with zero attached hydrogens (tertiary/aromatic N) is 2. The van der Waals surface area contributed by atoms with Crippen LogP contribution in [0.5, 0.6) is 5.75 Å². The first-order chi connectivity index (χ1) is 11.2. The highest BCUT2D eigenvalue weighted by atomic mass is 16.5. The van der Waals surface area contributed by atoms with Gasteiger partial charge in [-0.2, -0.15) is 10.4 Å². The Bertz CT molecular complexity index is 725. The molecule has 0 unspecified atom stereocenters. The fourth-order valence-electron chi connectivity index (χ4n) is 1.62. The van der Waals surface area contributed by atoms with E-state index in [0.29, 0.717) is 17.1 Å². The van der Waals surface area contributed by atoms with Crippen molar-refractivity contribution in [1.29, 1.82) is 5.26 Å². The van der Waals surface area contributed by atoms with Gasteiger partial charge in [-0.1, -0.05) is 0 Å². The molecule has 1 N–H and O–H groups in total. The van der Waals surface area contributed by atoms with Gasteiger partial charge in [-0.25, -0.2) is 5.43 Å². The molecule has 2 rings (SSSR count). The first-order valence-corrected chi connectivity index (χ1v) is 6.89. The fraction of sp³-hybridized carbons (Fsp3) is 0.118. The van der Waals surface area contributed by atoms with Crippen LogP contribution in [-0.4, -0.2) is 18.2 Å². The average molecular weight is 309 g/mol. The van der Waals surface area contributed by atoms with Crippen LogP contribution in [-0.2, 0) is 4.79 Å². The molecule has 1 atom stereocenters. The molecule has 0 radical (unpaired) electrons. The van der Waals surface area contributed by atoms with Crippen LogP contribution in [0, 0.1) is 11.3 Å². The highest BCUT2D eigenvalue weighted by Gasteiger charge is 2.13. The number of amides is 1. The van der Waals surface area contributed by atoms with E-state index in [1.54, 1.807) is 61.7 Å². The Labute approximate surface area is 133 Å². The van der Waals surface area contributed by atoms with Crippen molar-refractivity contribution in [2.24, 2.45) is 5.10 Å². The maximum atomic E-state index is 11.8. The number of allylic oxidation sites excluding steroid dienone is 1. The monoisotopic (exact) mass is 309 g/mol. The van der Waals surface area contributed by atoms with Gasteiger partial charge in [0, 0.05) is 6.21 Å². The van der Waals surface area contributed by atoms with Gasteiger partial charge in [0.25, 0.3) is 5.91 Å². The summed E-state index contributed by atoms with van der Waals surface area (Å²) in [6.07, 6.45) is 5.65. The van der Waals surface area contributed by atoms with E-state index < -0.39 is 6.10 Å². The van der Waals surface area contributed by atoms with Crippen LogP contribution in [0.2, 0.25) is 0 Å². The molecule has 2 aromatic rings. The molecule has 6 nitrogen and oxygen atoms in total. The van der Waals surface area contributed by atoms with Crippen LogP contribution in [0.15, 0.2) is 58.3 Å². The number of ether oxygens (including phenoxy) is 1. The summed E-state index contributed by atoms with van der Waals surface area (Å²) >= 11 is 0. The maximum Gasteiger partial charge on any atom is 0.280 e. The molecule has 0 spiro atoms. The standard InChI is InChI=1S/C17H15N3O3/c1-13(23-16-8-6-14(12-18)7-9-16)17(21)20-19-10-2-4-15-5-3-11-22-15/h2-11,13H,1H3,(H,20,21)/b4-2+,19-10?/t13-/m1/s1. The van der Waals surface area contributed by atoms with Gasteiger partial charge >= 0.3 is 0 Å². The second-order valence-electron chi connectivity index (χ2n) is 4.53. The first kappa shape index (κ1) is 16.0. The number of nitriles is 1. The molecule has 0 saturated carbocycles. The topological polar surface area (TPSA) is 87.6 Å². The normalized spacial score (nSPS) is 12.2. The van der Waals surface area contributed by atoms with Crippen LogP contribution in [0.1, 0.15) is 18.2 Å². The van der Waals surface area contributed by atoms with Crippen LogP contribution in [0.3, 0.4) is 0 Å². The third-order valence-corrected chi connectivity index (χ3v) is 2.80. The van der Waals surface area contributed by atoms with Gasteiger partial charge in [0.2, 0.25) is 0 Å². The number of carbonyl (C=O) groups is 1. The van der Waals surface area contributed by atoms with E-state index >= 15 is 0 Å². The molecule has 1 amide bonds. The zero-order valence-electron chi connectivity index (χ0n) is 12.5. The molecular weight excluding hydrogens is 294 g/mol. The summed E-state index contributed by atoms with van der Waals surface area (Å²) in [6, 6.07) is 12.1. The lowest BCUT2D eigenvalue weighted by molar-refractivity contribution is -0.127. The summed E-state index contributed by atoms with van der Waals surface area (Å²) in [5.41, 5.74) is 2.91.